The average Bonchev–Trinajstić information content (AvgIpc) is 3.33. The highest BCUT2D eigenvalue weighted by molar-refractivity contribution is 5.95. The third kappa shape index (κ3) is 10.9. The molecule has 0 spiro atoms. The van der Waals surface area contributed by atoms with Crippen LogP contribution in [0.3, 0.4) is 0 Å². The first-order chi connectivity index (χ1) is 33.1. The molecule has 1 heterocycles. The second-order valence-corrected chi connectivity index (χ2v) is 18.4. The molecule has 11 atom stereocenters. The van der Waals surface area contributed by atoms with Crippen LogP contribution in [0.1, 0.15) is 93.1 Å². The second-order valence-electron chi connectivity index (χ2n) is 18.4. The summed E-state index contributed by atoms with van der Waals surface area (Å²) in [5.41, 5.74) is 0.0648. The minimum absolute atomic E-state index is 0.123. The predicted octanol–water partition coefficient (Wildman–Crippen LogP) is 1.53. The van der Waals surface area contributed by atoms with Crippen molar-refractivity contribution in [2.75, 3.05) is 13.2 Å². The van der Waals surface area contributed by atoms with Crippen molar-refractivity contribution in [1.29, 1.82) is 0 Å². The molecule has 4 aliphatic rings. The van der Waals surface area contributed by atoms with Gasteiger partial charge in [0.15, 0.2) is 0 Å². The number of esters is 3. The van der Waals surface area contributed by atoms with E-state index in [1.807, 2.05) is 6.92 Å². The quantitative estimate of drug-likeness (QED) is 0.0916. The molecule has 3 aromatic carbocycles. The molecular formula is C51H58N2O17. The fourth-order valence-electron chi connectivity index (χ4n) is 10.9. The van der Waals surface area contributed by atoms with Crippen LogP contribution >= 0.6 is 0 Å². The van der Waals surface area contributed by atoms with Gasteiger partial charge >= 0.3 is 30.2 Å². The minimum Gasteiger partial charge on any atom is -0.554 e. The van der Waals surface area contributed by atoms with Gasteiger partial charge in [0.25, 0.3) is 5.91 Å². The molecule has 1 saturated heterocycles. The highest BCUT2D eigenvalue weighted by atomic mass is 16.6. The molecule has 3 unspecified atom stereocenters. The van der Waals surface area contributed by atoms with Crippen LogP contribution in [0, 0.1) is 28.1 Å². The predicted molar refractivity (Wildman–Crippen MR) is 237 cm³/mol. The van der Waals surface area contributed by atoms with Gasteiger partial charge in [-0.3, -0.25) is 14.4 Å². The number of nitrogens with one attached hydrogen (secondary N) is 1. The standard InChI is InChI=1S/C48H56N2O11.CH2O2.2CO2/c1-27-32(59-44(56)38(60-35(52)22-23-49)37(29-16-10-7-11-17-29)50-42(54)30-18-12-8-13-19-30)25-48(57)41(61-43(55)31-20-14-9-15-21-31)39-46(5)26-58-34(46)24-33(51)47(39,6)40(53)28(2)36(27)45(48,3)4;3*2-1-3/h7-21,28,32-34,37-39,41,51,57H,22-26,49H2,1-6H3,(H,50,54);1H,(H,2,3);;/t28-,32+,33+,34?,37?,38-,39?,41+,46-,47-,48-;;;/m1.../s1. The number of aliphatic hydroxyl groups is 2. The Bertz CT molecular complexity index is 2440. The van der Waals surface area contributed by atoms with Crippen molar-refractivity contribution >= 4 is 48.4 Å². The van der Waals surface area contributed by atoms with Gasteiger partial charge in [0, 0.05) is 47.5 Å². The summed E-state index contributed by atoms with van der Waals surface area (Å²) < 4.78 is 24.8. The number of carboxylic acid groups (broad SMARTS) is 1. The largest absolute Gasteiger partial charge is 0.554 e. The number of carbonyl (C=O) groups is 6. The van der Waals surface area contributed by atoms with Crippen LogP contribution in [0.4, 0.5) is 0 Å². The molecule has 1 amide bonds. The Morgan fingerprint density at radius 2 is 1.41 bits per heavy atom. The molecule has 3 fully saturated rings. The van der Waals surface area contributed by atoms with E-state index in [1.165, 1.54) is 0 Å². The van der Waals surface area contributed by atoms with Crippen molar-refractivity contribution in [1.82, 2.24) is 5.32 Å². The monoisotopic (exact) mass is 970 g/mol. The van der Waals surface area contributed by atoms with Gasteiger partial charge in [0.05, 0.1) is 42.8 Å². The molecule has 7 rings (SSSR count). The van der Waals surface area contributed by atoms with E-state index in [1.54, 1.807) is 126 Å². The topological polar surface area (TPSA) is 311 Å². The minimum atomic E-state index is -2.03. The van der Waals surface area contributed by atoms with E-state index in [0.717, 1.165) is 0 Å². The number of ketones is 1. The first kappa shape index (κ1) is 55.6. The molecule has 3 aromatic rings. The third-order valence-corrected chi connectivity index (χ3v) is 14.3. The van der Waals surface area contributed by atoms with Crippen LogP contribution in [0.25, 0.3) is 0 Å². The van der Waals surface area contributed by atoms with Crippen molar-refractivity contribution < 1.29 is 87.9 Å². The lowest BCUT2D eigenvalue weighted by Gasteiger charge is -2.68. The zero-order valence-corrected chi connectivity index (χ0v) is 39.6. The maximum Gasteiger partial charge on any atom is 0.373 e. The van der Waals surface area contributed by atoms with Crippen LogP contribution in [0.15, 0.2) is 102 Å². The normalized spacial score (nSPS) is 28.6. The summed E-state index contributed by atoms with van der Waals surface area (Å²) >= 11 is 0. The van der Waals surface area contributed by atoms with Crippen LogP contribution in [-0.4, -0.2) is 108 Å². The number of benzene rings is 3. The van der Waals surface area contributed by atoms with E-state index in [0.29, 0.717) is 22.3 Å². The lowest BCUT2D eigenvalue weighted by Crippen LogP contribution is -2.77. The summed E-state index contributed by atoms with van der Waals surface area (Å²) in [5, 5.41) is 36.8. The van der Waals surface area contributed by atoms with Gasteiger partial charge < -0.3 is 50.1 Å². The van der Waals surface area contributed by atoms with E-state index in [4.69, 9.17) is 48.0 Å². The van der Waals surface area contributed by atoms with E-state index in [2.05, 4.69) is 11.1 Å². The summed E-state index contributed by atoms with van der Waals surface area (Å²) in [4.78, 5) is 112. The zero-order chi connectivity index (χ0) is 52.2. The number of carbonyl (C=O) groups excluding carboxylic acids is 10. The Labute approximate surface area is 403 Å². The van der Waals surface area contributed by atoms with Crippen molar-refractivity contribution in [2.24, 2.45) is 28.1 Å². The van der Waals surface area contributed by atoms with E-state index in [9.17, 15) is 29.4 Å². The van der Waals surface area contributed by atoms with E-state index in [-0.39, 0.29) is 56.1 Å². The smallest absolute Gasteiger partial charge is 0.373 e. The highest BCUT2D eigenvalue weighted by Gasteiger charge is 2.74. The summed E-state index contributed by atoms with van der Waals surface area (Å²) in [7, 11) is 0. The molecule has 70 heavy (non-hydrogen) atoms. The molecule has 2 saturated carbocycles. The molecule has 374 valence electrons. The zero-order valence-electron chi connectivity index (χ0n) is 39.6. The maximum absolute atomic E-state index is 15.2. The number of aliphatic hydroxyl groups excluding tert-OH is 1. The van der Waals surface area contributed by atoms with Gasteiger partial charge in [-0.15, -0.1) is 0 Å². The fraction of sp³-hybridized carbons (Fsp3) is 0.451. The number of hydrogen-bond donors (Lipinski definition) is 4. The SMILES string of the molecule is CC1=C2[C@@H](C)C(=O)[C@@]3(C)C([C@H](OC(=O)c4ccccc4)[C@](O)(C[C@@H]1OC(=O)[C@H](OC(=O)CC[NH3+])C(NC(=O)c1ccccc1)c1ccccc1)C2(C)C)[C@]1(C)COC1C[C@@H]3O.O=C=O.O=C=O.O=C[O-]. The number of Topliss-reactive ketones (excluding diaryl/α,β-unsaturated/α-hetero) is 1. The molecule has 1 aliphatic heterocycles. The Hall–Kier alpha value is -6.98. The summed E-state index contributed by atoms with van der Waals surface area (Å²) in [6.45, 7) is 10.6. The van der Waals surface area contributed by atoms with Crippen molar-refractivity contribution in [3.63, 3.8) is 0 Å². The highest BCUT2D eigenvalue weighted by Crippen LogP contribution is 2.66. The number of ether oxygens (including phenoxy) is 4. The van der Waals surface area contributed by atoms with E-state index < -0.39 is 101 Å². The number of quaternary nitrogens is 1. The van der Waals surface area contributed by atoms with Crippen LogP contribution < -0.4 is 16.2 Å². The molecule has 2 bridgehead atoms. The summed E-state index contributed by atoms with van der Waals surface area (Å²) in [6, 6.07) is 24.1. The van der Waals surface area contributed by atoms with Gasteiger partial charge in [-0.25, -0.2) is 9.59 Å². The van der Waals surface area contributed by atoms with Crippen molar-refractivity contribution in [3.8, 4) is 0 Å². The van der Waals surface area contributed by atoms with Crippen LogP contribution in [0.5, 0.6) is 0 Å². The van der Waals surface area contributed by atoms with Gasteiger partial charge in [0.2, 0.25) is 6.10 Å². The van der Waals surface area contributed by atoms with Crippen molar-refractivity contribution in [3.05, 3.63) is 119 Å². The molecule has 19 nitrogen and oxygen atoms in total. The molecule has 19 heteroatoms. The lowest BCUT2D eigenvalue weighted by molar-refractivity contribution is -0.367. The fourth-order valence-corrected chi connectivity index (χ4v) is 10.9. The number of amides is 1. The van der Waals surface area contributed by atoms with Gasteiger partial charge in [-0.1, -0.05) is 94.4 Å². The summed E-state index contributed by atoms with van der Waals surface area (Å²) in [6.07, 6.45) is -5.81. The van der Waals surface area contributed by atoms with Gasteiger partial charge in [0.1, 0.15) is 29.6 Å². The Kier molecular flexibility index (Phi) is 18.7. The first-order valence-corrected chi connectivity index (χ1v) is 22.3. The molecule has 6 N–H and O–H groups in total. The number of rotatable bonds is 11. The Balaban J connectivity index is 0.00000110. The Morgan fingerprint density at radius 3 is 1.91 bits per heavy atom. The van der Waals surface area contributed by atoms with Crippen molar-refractivity contribution in [2.45, 2.75) is 103 Å². The second kappa shape index (κ2) is 23.6. The lowest BCUT2D eigenvalue weighted by atomic mass is 9.41. The van der Waals surface area contributed by atoms with Crippen LogP contribution in [-0.2, 0) is 57.3 Å². The molecule has 0 radical (unpaired) electrons. The van der Waals surface area contributed by atoms with E-state index >= 15 is 4.79 Å². The third-order valence-electron chi connectivity index (χ3n) is 14.3. The summed E-state index contributed by atoms with van der Waals surface area (Å²) in [5.74, 6) is -5.18. The Morgan fingerprint density at radius 1 is 0.900 bits per heavy atom. The van der Waals surface area contributed by atoms with Gasteiger partial charge in [-0.2, -0.15) is 19.2 Å². The molecule has 3 aliphatic carbocycles. The number of fused-ring (bicyclic) bond motifs is 5. The van der Waals surface area contributed by atoms with Gasteiger partial charge in [-0.05, 0) is 54.8 Å². The maximum atomic E-state index is 15.2. The molecular weight excluding hydrogens is 913 g/mol. The molecule has 0 aromatic heterocycles. The average molecular weight is 971 g/mol. The number of hydrogen-bond acceptors (Lipinski definition) is 17. The van der Waals surface area contributed by atoms with Crippen LogP contribution in [0.2, 0.25) is 0 Å². The first-order valence-electron chi connectivity index (χ1n) is 22.3.